The maximum absolute atomic E-state index is 12.1. The van der Waals surface area contributed by atoms with Gasteiger partial charge in [-0.15, -0.1) is 22.7 Å². The maximum atomic E-state index is 12.1. The van der Waals surface area contributed by atoms with Gasteiger partial charge >= 0.3 is 0 Å². The molecule has 0 radical (unpaired) electrons. The summed E-state index contributed by atoms with van der Waals surface area (Å²) in [7, 11) is 0. The Morgan fingerprint density at radius 1 is 1.20 bits per heavy atom. The number of amides is 1. The van der Waals surface area contributed by atoms with Gasteiger partial charge < -0.3 is 11.1 Å². The fourth-order valence-corrected chi connectivity index (χ4v) is 3.14. The molecule has 1 amide bonds. The normalized spacial score (nSPS) is 10.4. The average molecular weight is 301 g/mol. The topological polar surface area (TPSA) is 68.0 Å². The third kappa shape index (κ3) is 2.56. The van der Waals surface area contributed by atoms with E-state index in [9.17, 15) is 4.79 Å². The van der Waals surface area contributed by atoms with Gasteiger partial charge in [-0.05, 0) is 23.6 Å². The molecule has 3 aromatic rings. The number of carbonyl (C=O) groups is 1. The first-order valence-electron chi connectivity index (χ1n) is 5.88. The van der Waals surface area contributed by atoms with Gasteiger partial charge in [0.2, 0.25) is 0 Å². The van der Waals surface area contributed by atoms with Crippen molar-refractivity contribution in [2.24, 2.45) is 0 Å². The lowest BCUT2D eigenvalue weighted by Gasteiger charge is -2.06. The molecule has 4 nitrogen and oxygen atoms in total. The summed E-state index contributed by atoms with van der Waals surface area (Å²) < 4.78 is 0. The zero-order valence-electron chi connectivity index (χ0n) is 10.4. The monoisotopic (exact) mass is 301 g/mol. The van der Waals surface area contributed by atoms with Crippen molar-refractivity contribution in [3.05, 3.63) is 52.2 Å². The number of aromatic nitrogens is 1. The van der Waals surface area contributed by atoms with Crippen LogP contribution in [0.4, 0.5) is 11.4 Å². The summed E-state index contributed by atoms with van der Waals surface area (Å²) in [6, 6.07) is 9.34. The highest BCUT2D eigenvalue weighted by Gasteiger charge is 2.11. The highest BCUT2D eigenvalue weighted by molar-refractivity contribution is 7.13. The summed E-state index contributed by atoms with van der Waals surface area (Å²) in [4.78, 5) is 16.9. The van der Waals surface area contributed by atoms with Crippen molar-refractivity contribution in [1.29, 1.82) is 0 Å². The molecule has 0 aliphatic heterocycles. The van der Waals surface area contributed by atoms with Crippen LogP contribution in [0, 0.1) is 0 Å². The van der Waals surface area contributed by atoms with Crippen LogP contribution in [0.3, 0.4) is 0 Å². The lowest BCUT2D eigenvalue weighted by atomic mass is 10.2. The Bertz CT molecular complexity index is 734. The molecule has 0 saturated carbocycles. The van der Waals surface area contributed by atoms with E-state index in [1.54, 1.807) is 29.0 Å². The SMILES string of the molecule is Nc1ccsc1C(=O)Nc1cccc(-c2nccs2)c1. The number of hydrogen-bond acceptors (Lipinski definition) is 5. The van der Waals surface area contributed by atoms with Crippen LogP contribution in [0.2, 0.25) is 0 Å². The molecular weight excluding hydrogens is 290 g/mol. The number of nitrogen functional groups attached to an aromatic ring is 1. The van der Waals surface area contributed by atoms with Gasteiger partial charge in [0, 0.05) is 22.8 Å². The molecule has 100 valence electrons. The minimum absolute atomic E-state index is 0.186. The Morgan fingerprint density at radius 2 is 2.10 bits per heavy atom. The molecule has 0 atom stereocenters. The lowest BCUT2D eigenvalue weighted by molar-refractivity contribution is 0.103. The van der Waals surface area contributed by atoms with E-state index in [1.807, 2.05) is 29.6 Å². The van der Waals surface area contributed by atoms with Crippen LogP contribution < -0.4 is 11.1 Å². The van der Waals surface area contributed by atoms with Crippen molar-refractivity contribution in [2.45, 2.75) is 0 Å². The zero-order chi connectivity index (χ0) is 13.9. The van der Waals surface area contributed by atoms with Gasteiger partial charge in [0.25, 0.3) is 5.91 Å². The number of anilines is 2. The number of hydrogen-bond donors (Lipinski definition) is 2. The van der Waals surface area contributed by atoms with E-state index in [-0.39, 0.29) is 5.91 Å². The molecule has 6 heteroatoms. The number of nitrogens with zero attached hydrogens (tertiary/aromatic N) is 1. The van der Waals surface area contributed by atoms with E-state index in [2.05, 4.69) is 10.3 Å². The number of thiophene rings is 1. The lowest BCUT2D eigenvalue weighted by Crippen LogP contribution is -2.11. The first-order valence-corrected chi connectivity index (χ1v) is 7.64. The highest BCUT2D eigenvalue weighted by Crippen LogP contribution is 2.25. The summed E-state index contributed by atoms with van der Waals surface area (Å²) in [5, 5.41) is 7.51. The molecule has 3 N–H and O–H groups in total. The summed E-state index contributed by atoms with van der Waals surface area (Å²) in [5.74, 6) is -0.186. The number of thiazole rings is 1. The number of nitrogens with one attached hydrogen (secondary N) is 1. The zero-order valence-corrected chi connectivity index (χ0v) is 12.0. The molecule has 0 saturated heterocycles. The molecule has 2 aromatic heterocycles. The molecule has 0 aliphatic rings. The van der Waals surface area contributed by atoms with Crippen molar-refractivity contribution in [3.8, 4) is 10.6 Å². The van der Waals surface area contributed by atoms with Crippen LogP contribution in [-0.4, -0.2) is 10.9 Å². The van der Waals surface area contributed by atoms with Gasteiger partial charge in [-0.2, -0.15) is 0 Å². The largest absolute Gasteiger partial charge is 0.397 e. The number of carbonyl (C=O) groups excluding carboxylic acids is 1. The number of rotatable bonds is 3. The quantitative estimate of drug-likeness (QED) is 0.775. The molecule has 0 unspecified atom stereocenters. The summed E-state index contributed by atoms with van der Waals surface area (Å²) >= 11 is 2.89. The van der Waals surface area contributed by atoms with Crippen LogP contribution in [-0.2, 0) is 0 Å². The second-order valence-electron chi connectivity index (χ2n) is 4.08. The van der Waals surface area contributed by atoms with Gasteiger partial charge in [0.15, 0.2) is 0 Å². The molecule has 2 heterocycles. The predicted molar refractivity (Wildman–Crippen MR) is 84.2 cm³/mol. The first kappa shape index (κ1) is 12.8. The fourth-order valence-electron chi connectivity index (χ4n) is 1.79. The van der Waals surface area contributed by atoms with E-state index in [4.69, 9.17) is 5.73 Å². The van der Waals surface area contributed by atoms with Crippen molar-refractivity contribution in [3.63, 3.8) is 0 Å². The van der Waals surface area contributed by atoms with Gasteiger partial charge in [-0.25, -0.2) is 4.98 Å². The second kappa shape index (κ2) is 5.44. The minimum atomic E-state index is -0.186. The first-order chi connectivity index (χ1) is 9.74. The Hall–Kier alpha value is -2.18. The van der Waals surface area contributed by atoms with Gasteiger partial charge in [0.1, 0.15) is 9.88 Å². The van der Waals surface area contributed by atoms with E-state index in [0.717, 1.165) is 16.3 Å². The number of benzene rings is 1. The van der Waals surface area contributed by atoms with Crippen LogP contribution >= 0.6 is 22.7 Å². The van der Waals surface area contributed by atoms with Crippen molar-refractivity contribution in [1.82, 2.24) is 4.98 Å². The summed E-state index contributed by atoms with van der Waals surface area (Å²) in [6.07, 6.45) is 1.76. The smallest absolute Gasteiger partial charge is 0.267 e. The Kier molecular flexibility index (Phi) is 3.49. The summed E-state index contributed by atoms with van der Waals surface area (Å²) in [6.45, 7) is 0. The van der Waals surface area contributed by atoms with Crippen LogP contribution in [0.15, 0.2) is 47.3 Å². The molecular formula is C14H11N3OS2. The number of nitrogens with two attached hydrogens (primary N) is 1. The van der Waals surface area contributed by atoms with E-state index in [0.29, 0.717) is 10.6 Å². The molecule has 0 aliphatic carbocycles. The van der Waals surface area contributed by atoms with Crippen LogP contribution in [0.1, 0.15) is 9.67 Å². The van der Waals surface area contributed by atoms with E-state index < -0.39 is 0 Å². The molecule has 0 fully saturated rings. The van der Waals surface area contributed by atoms with E-state index >= 15 is 0 Å². The van der Waals surface area contributed by atoms with Crippen molar-refractivity contribution >= 4 is 40.0 Å². The minimum Gasteiger partial charge on any atom is -0.397 e. The van der Waals surface area contributed by atoms with Crippen LogP contribution in [0.5, 0.6) is 0 Å². The molecule has 0 spiro atoms. The van der Waals surface area contributed by atoms with Gasteiger partial charge in [-0.3, -0.25) is 4.79 Å². The van der Waals surface area contributed by atoms with Gasteiger partial charge in [0.05, 0.1) is 5.69 Å². The summed E-state index contributed by atoms with van der Waals surface area (Å²) in [5.41, 5.74) is 7.96. The third-order valence-electron chi connectivity index (χ3n) is 2.70. The average Bonchev–Trinajstić information content (AvgIpc) is 3.09. The predicted octanol–water partition coefficient (Wildman–Crippen LogP) is 3.71. The molecule has 1 aromatic carbocycles. The Balaban J connectivity index is 1.83. The standard InChI is InChI=1S/C14H11N3OS2/c15-11-4-6-19-12(11)13(18)17-10-3-1-2-9(8-10)14-16-5-7-20-14/h1-8H,15H2,(H,17,18). The highest BCUT2D eigenvalue weighted by atomic mass is 32.1. The van der Waals surface area contributed by atoms with Crippen molar-refractivity contribution < 1.29 is 4.79 Å². The fraction of sp³-hybridized carbons (Fsp3) is 0. The Morgan fingerprint density at radius 3 is 2.80 bits per heavy atom. The van der Waals surface area contributed by atoms with E-state index in [1.165, 1.54) is 11.3 Å². The Labute approximate surface area is 123 Å². The third-order valence-corrected chi connectivity index (χ3v) is 4.45. The molecule has 0 bridgehead atoms. The maximum Gasteiger partial charge on any atom is 0.267 e. The van der Waals surface area contributed by atoms with Gasteiger partial charge in [-0.1, -0.05) is 12.1 Å². The molecule has 20 heavy (non-hydrogen) atoms. The van der Waals surface area contributed by atoms with Crippen molar-refractivity contribution in [2.75, 3.05) is 11.1 Å². The second-order valence-corrected chi connectivity index (χ2v) is 5.89. The molecule has 3 rings (SSSR count). The van der Waals surface area contributed by atoms with Crippen LogP contribution in [0.25, 0.3) is 10.6 Å².